The Balaban J connectivity index is 1.32. The van der Waals surface area contributed by atoms with Crippen molar-refractivity contribution in [2.45, 2.75) is 57.3 Å². The molecule has 1 N–H and O–H groups in total. The first-order valence-corrected chi connectivity index (χ1v) is 12.5. The molecule has 0 bridgehead atoms. The molecule has 1 aliphatic heterocycles. The molecule has 4 fully saturated rings. The Labute approximate surface area is 204 Å². The molecule has 6 rings (SSSR count). The van der Waals surface area contributed by atoms with Crippen molar-refractivity contribution in [1.29, 1.82) is 0 Å². The van der Waals surface area contributed by atoms with Gasteiger partial charge < -0.3 is 19.3 Å². The van der Waals surface area contributed by atoms with E-state index in [9.17, 15) is 19.1 Å². The van der Waals surface area contributed by atoms with Gasteiger partial charge in [0.2, 0.25) is 5.78 Å². The minimum absolute atomic E-state index is 0.00830. The fourth-order valence-electron chi connectivity index (χ4n) is 8.32. The molecule has 8 atom stereocenters. The maximum absolute atomic E-state index is 13.8. The number of halogens is 1. The Hall–Kier alpha value is -2.35. The lowest BCUT2D eigenvalue weighted by Crippen LogP contribution is -2.63. The summed E-state index contributed by atoms with van der Waals surface area (Å²) in [5.41, 5.74) is -1.10. The van der Waals surface area contributed by atoms with E-state index in [1.54, 1.807) is 12.2 Å². The molecule has 5 aliphatic rings. The van der Waals surface area contributed by atoms with Gasteiger partial charge in [0, 0.05) is 16.7 Å². The van der Waals surface area contributed by atoms with Crippen molar-refractivity contribution < 1.29 is 33.3 Å². The molecule has 1 heterocycles. The number of fused-ring (bicyclic) bond motifs is 7. The van der Waals surface area contributed by atoms with E-state index in [1.165, 1.54) is 24.3 Å². The van der Waals surface area contributed by atoms with E-state index in [1.807, 2.05) is 6.08 Å². The summed E-state index contributed by atoms with van der Waals surface area (Å²) in [4.78, 5) is 25.8. The highest BCUT2D eigenvalue weighted by atomic mass is 19.1. The second kappa shape index (κ2) is 7.82. The van der Waals surface area contributed by atoms with Gasteiger partial charge in [0.25, 0.3) is 0 Å². The average Bonchev–Trinajstić information content (AvgIpc) is 3.35. The van der Waals surface area contributed by atoms with Crippen LogP contribution >= 0.6 is 0 Å². The molecular formula is C28H31FO6. The number of carbonyl (C=O) groups is 2. The molecule has 6 nitrogen and oxygen atoms in total. The summed E-state index contributed by atoms with van der Waals surface area (Å²) in [5.74, 6) is 0.104. The fraction of sp³-hybridized carbons (Fsp3) is 0.571. The Kier molecular flexibility index (Phi) is 5.16. The maximum atomic E-state index is 13.8. The van der Waals surface area contributed by atoms with Crippen molar-refractivity contribution in [3.05, 3.63) is 53.9 Å². The van der Waals surface area contributed by atoms with Crippen molar-refractivity contribution >= 4 is 11.6 Å². The highest BCUT2D eigenvalue weighted by molar-refractivity contribution is 6.01. The first kappa shape index (κ1) is 23.1. The number of ketones is 2. The van der Waals surface area contributed by atoms with Crippen LogP contribution in [0.4, 0.5) is 4.39 Å². The third kappa shape index (κ3) is 3.11. The number of benzene rings is 1. The third-order valence-corrected chi connectivity index (χ3v) is 9.81. The zero-order chi connectivity index (χ0) is 24.6. The van der Waals surface area contributed by atoms with Crippen LogP contribution < -0.4 is 4.74 Å². The predicted octanol–water partition coefficient (Wildman–Crippen LogP) is 3.77. The lowest BCUT2D eigenvalue weighted by Gasteiger charge is -2.59. The van der Waals surface area contributed by atoms with Crippen LogP contribution in [0.3, 0.4) is 0 Å². The number of hydrogen-bond donors (Lipinski definition) is 1. The molecule has 1 saturated heterocycles. The molecular weight excluding hydrogens is 451 g/mol. The molecule has 1 aromatic carbocycles. The Morgan fingerprint density at radius 1 is 1.26 bits per heavy atom. The van der Waals surface area contributed by atoms with Gasteiger partial charge >= 0.3 is 0 Å². The highest BCUT2D eigenvalue weighted by Gasteiger charge is 2.74. The summed E-state index contributed by atoms with van der Waals surface area (Å²) in [6, 6.07) is 5.57. The van der Waals surface area contributed by atoms with Crippen LogP contribution in [0.25, 0.3) is 0 Å². The number of rotatable bonds is 4. The molecule has 8 unspecified atom stereocenters. The molecule has 1 aromatic rings. The van der Waals surface area contributed by atoms with Gasteiger partial charge in [-0.25, -0.2) is 4.39 Å². The van der Waals surface area contributed by atoms with Gasteiger partial charge in [0.1, 0.15) is 25.0 Å². The molecule has 0 spiro atoms. The minimum atomic E-state index is -1.20. The SMILES string of the molecule is CC12C=CC(=O)C=C1CCC1C2C(O)CC2(C)C1CC1OCOC12C(=O)COc1ccc(F)cc1. The van der Waals surface area contributed by atoms with E-state index < -0.39 is 23.2 Å². The number of carbonyl (C=O) groups excluding carboxylic acids is 2. The van der Waals surface area contributed by atoms with Gasteiger partial charge in [-0.15, -0.1) is 0 Å². The molecule has 0 amide bonds. The van der Waals surface area contributed by atoms with E-state index in [2.05, 4.69) is 13.8 Å². The number of allylic oxidation sites excluding steroid dienone is 4. The number of ether oxygens (including phenoxy) is 3. The van der Waals surface area contributed by atoms with E-state index in [0.717, 1.165) is 18.4 Å². The van der Waals surface area contributed by atoms with Crippen molar-refractivity contribution in [1.82, 2.24) is 0 Å². The molecule has 3 saturated carbocycles. The summed E-state index contributed by atoms with van der Waals surface area (Å²) in [7, 11) is 0. The molecule has 0 aromatic heterocycles. The topological polar surface area (TPSA) is 82.1 Å². The quantitative estimate of drug-likeness (QED) is 0.704. The van der Waals surface area contributed by atoms with E-state index in [4.69, 9.17) is 14.2 Å². The van der Waals surface area contributed by atoms with Gasteiger partial charge in [-0.05, 0) is 73.9 Å². The molecule has 0 radical (unpaired) electrons. The average molecular weight is 483 g/mol. The summed E-state index contributed by atoms with van der Waals surface area (Å²) < 4.78 is 31.2. The first-order chi connectivity index (χ1) is 16.7. The zero-order valence-corrected chi connectivity index (χ0v) is 20.0. The number of hydrogen-bond acceptors (Lipinski definition) is 6. The van der Waals surface area contributed by atoms with Crippen LogP contribution in [-0.4, -0.2) is 47.9 Å². The van der Waals surface area contributed by atoms with Crippen LogP contribution in [0.1, 0.15) is 39.5 Å². The van der Waals surface area contributed by atoms with Crippen molar-refractivity contribution in [3.8, 4) is 5.75 Å². The second-order valence-electron chi connectivity index (χ2n) is 11.3. The van der Waals surface area contributed by atoms with Gasteiger partial charge in [-0.1, -0.05) is 25.5 Å². The fourth-order valence-corrected chi connectivity index (χ4v) is 8.32. The van der Waals surface area contributed by atoms with Gasteiger partial charge in [-0.2, -0.15) is 0 Å². The van der Waals surface area contributed by atoms with Crippen LogP contribution in [0.5, 0.6) is 5.75 Å². The van der Waals surface area contributed by atoms with Crippen LogP contribution in [0, 0.1) is 34.4 Å². The molecule has 35 heavy (non-hydrogen) atoms. The zero-order valence-electron chi connectivity index (χ0n) is 20.0. The number of aliphatic hydroxyl groups excluding tert-OH is 1. The van der Waals surface area contributed by atoms with Crippen LogP contribution in [0.2, 0.25) is 0 Å². The van der Waals surface area contributed by atoms with Gasteiger partial charge in [0.15, 0.2) is 11.4 Å². The van der Waals surface area contributed by atoms with E-state index >= 15 is 0 Å². The van der Waals surface area contributed by atoms with Crippen molar-refractivity contribution in [2.75, 3.05) is 13.4 Å². The molecule has 186 valence electrons. The smallest absolute Gasteiger partial charge is 0.205 e. The predicted molar refractivity (Wildman–Crippen MR) is 124 cm³/mol. The molecule has 4 aliphatic carbocycles. The number of aliphatic hydroxyl groups is 1. The summed E-state index contributed by atoms with van der Waals surface area (Å²) in [6.45, 7) is 4.02. The third-order valence-electron chi connectivity index (χ3n) is 9.81. The Morgan fingerprint density at radius 3 is 2.80 bits per heavy atom. The van der Waals surface area contributed by atoms with Crippen LogP contribution in [0.15, 0.2) is 48.1 Å². The maximum Gasteiger partial charge on any atom is 0.205 e. The van der Waals surface area contributed by atoms with E-state index in [-0.39, 0.29) is 54.0 Å². The van der Waals surface area contributed by atoms with Crippen molar-refractivity contribution in [3.63, 3.8) is 0 Å². The summed E-state index contributed by atoms with van der Waals surface area (Å²) in [5, 5.41) is 11.6. The minimum Gasteiger partial charge on any atom is -0.486 e. The molecule has 7 heteroatoms. The highest BCUT2D eigenvalue weighted by Crippen LogP contribution is 2.69. The summed E-state index contributed by atoms with van der Waals surface area (Å²) >= 11 is 0. The summed E-state index contributed by atoms with van der Waals surface area (Å²) in [6.07, 6.45) is 7.04. The monoisotopic (exact) mass is 482 g/mol. The lowest BCUT2D eigenvalue weighted by molar-refractivity contribution is -0.185. The van der Waals surface area contributed by atoms with Crippen LogP contribution in [-0.2, 0) is 19.1 Å². The Bertz CT molecular complexity index is 1130. The van der Waals surface area contributed by atoms with Gasteiger partial charge in [0.05, 0.1) is 12.2 Å². The first-order valence-electron chi connectivity index (χ1n) is 12.5. The largest absolute Gasteiger partial charge is 0.486 e. The second-order valence-corrected chi connectivity index (χ2v) is 11.3. The van der Waals surface area contributed by atoms with E-state index in [0.29, 0.717) is 18.6 Å². The Morgan fingerprint density at radius 2 is 2.03 bits per heavy atom. The van der Waals surface area contributed by atoms with Gasteiger partial charge in [-0.3, -0.25) is 9.59 Å². The standard InChI is InChI=1S/C28H31FO6/c1-26-10-9-18(30)11-16(26)3-8-20-21-12-24-28(35-15-34-24,27(21,2)13-22(31)25(20)26)23(32)14-33-19-6-4-17(29)5-7-19/h4-7,9-11,20-22,24-25,31H,3,8,12-15H2,1-2H3. The lowest BCUT2D eigenvalue weighted by atomic mass is 9.46. The number of Topliss-reactive ketones (excluding diaryl/α,β-unsaturated/α-hetero) is 1. The normalized spacial score (nSPS) is 43.6. The van der Waals surface area contributed by atoms with Crippen molar-refractivity contribution in [2.24, 2.45) is 28.6 Å².